The van der Waals surface area contributed by atoms with Gasteiger partial charge in [-0.25, -0.2) is 14.3 Å². The third-order valence-electron chi connectivity index (χ3n) is 5.05. The van der Waals surface area contributed by atoms with E-state index in [1.165, 1.54) is 4.90 Å². The number of carbonyl (C=O) groups is 2. The van der Waals surface area contributed by atoms with Crippen molar-refractivity contribution in [2.24, 2.45) is 0 Å². The average molecular weight is 437 g/mol. The van der Waals surface area contributed by atoms with E-state index < -0.39 is 17.6 Å². The molecule has 0 spiro atoms. The van der Waals surface area contributed by atoms with Gasteiger partial charge in [0.1, 0.15) is 18.0 Å². The van der Waals surface area contributed by atoms with Crippen molar-refractivity contribution in [1.82, 2.24) is 19.7 Å². The fourth-order valence-electron chi connectivity index (χ4n) is 3.48. The van der Waals surface area contributed by atoms with Crippen LogP contribution in [-0.4, -0.2) is 40.0 Å². The summed E-state index contributed by atoms with van der Waals surface area (Å²) in [6, 6.07) is 13.8. The fraction of sp³-hybridized carbons (Fsp3) is 0.273. The minimum absolute atomic E-state index is 0.136. The minimum Gasteiger partial charge on any atom is -0.497 e. The van der Waals surface area contributed by atoms with E-state index in [1.54, 1.807) is 31.4 Å². The maximum absolute atomic E-state index is 12.8. The molecule has 10 heteroatoms. The lowest BCUT2D eigenvalue weighted by atomic mass is 10.2. The summed E-state index contributed by atoms with van der Waals surface area (Å²) in [6.07, 6.45) is 0. The Labute approximate surface area is 184 Å². The van der Waals surface area contributed by atoms with E-state index in [4.69, 9.17) is 9.47 Å². The van der Waals surface area contributed by atoms with Crippen LogP contribution in [-0.2, 0) is 24.4 Å². The number of hydrogen-bond acceptors (Lipinski definition) is 6. The monoisotopic (exact) mass is 437 g/mol. The van der Waals surface area contributed by atoms with Crippen molar-refractivity contribution in [3.05, 3.63) is 70.4 Å². The van der Waals surface area contributed by atoms with Crippen molar-refractivity contribution in [3.8, 4) is 11.5 Å². The summed E-state index contributed by atoms with van der Waals surface area (Å²) in [6.45, 7) is 2.50. The predicted octanol–water partition coefficient (Wildman–Crippen LogP) is 1.76. The zero-order chi connectivity index (χ0) is 22.7. The van der Waals surface area contributed by atoms with Crippen LogP contribution in [0.25, 0.3) is 0 Å². The number of nitrogens with zero attached hydrogens (tertiary/aromatic N) is 4. The molecule has 2 heterocycles. The third-order valence-corrected chi connectivity index (χ3v) is 5.05. The smallest absolute Gasteiger partial charge is 0.354 e. The molecule has 1 aromatic heterocycles. The summed E-state index contributed by atoms with van der Waals surface area (Å²) in [5, 5.41) is 6.95. The van der Waals surface area contributed by atoms with Crippen molar-refractivity contribution < 1.29 is 19.1 Å². The Morgan fingerprint density at radius 3 is 2.56 bits per heavy atom. The Kier molecular flexibility index (Phi) is 5.93. The van der Waals surface area contributed by atoms with E-state index in [2.05, 4.69) is 10.4 Å². The highest BCUT2D eigenvalue weighted by Crippen LogP contribution is 2.24. The number of amides is 2. The van der Waals surface area contributed by atoms with E-state index in [9.17, 15) is 14.4 Å². The molecule has 0 bridgehead atoms. The van der Waals surface area contributed by atoms with E-state index in [-0.39, 0.29) is 25.5 Å². The molecule has 1 aliphatic heterocycles. The Morgan fingerprint density at radius 1 is 1.12 bits per heavy atom. The molecule has 10 nitrogen and oxygen atoms in total. The average Bonchev–Trinajstić information content (AvgIpc) is 3.29. The van der Waals surface area contributed by atoms with Gasteiger partial charge in [0.2, 0.25) is 5.91 Å². The topological polar surface area (TPSA) is 108 Å². The van der Waals surface area contributed by atoms with Gasteiger partial charge in [0, 0.05) is 17.8 Å². The van der Waals surface area contributed by atoms with Crippen molar-refractivity contribution in [1.29, 1.82) is 0 Å². The van der Waals surface area contributed by atoms with Gasteiger partial charge in [0.05, 0.1) is 20.3 Å². The Morgan fingerprint density at radius 2 is 1.88 bits per heavy atom. The summed E-state index contributed by atoms with van der Waals surface area (Å²) in [5.74, 6) is 1.24. The number of anilines is 1. The van der Waals surface area contributed by atoms with Gasteiger partial charge in [0.15, 0.2) is 5.82 Å². The quantitative estimate of drug-likeness (QED) is 0.575. The molecule has 0 aliphatic carbocycles. The molecule has 0 saturated carbocycles. The lowest BCUT2D eigenvalue weighted by Crippen LogP contribution is -2.37. The first-order chi connectivity index (χ1) is 15.5. The number of aromatic nitrogens is 3. The van der Waals surface area contributed by atoms with Crippen molar-refractivity contribution in [3.63, 3.8) is 0 Å². The standard InChI is InChI=1S/C22H23N5O5/c1-3-32-18-7-5-4-6-15(18)12-23-20(28)14-26-22(30)27-19(24-26)13-25(21(27)29)16-8-10-17(31-2)11-9-16/h4-11H,3,12-14H2,1-2H3,(H,23,28). The van der Waals surface area contributed by atoms with Crippen LogP contribution in [0.1, 0.15) is 18.3 Å². The molecule has 32 heavy (non-hydrogen) atoms. The predicted molar refractivity (Wildman–Crippen MR) is 116 cm³/mol. The second-order valence-corrected chi connectivity index (χ2v) is 7.08. The molecule has 4 rings (SSSR count). The molecule has 0 atom stereocenters. The van der Waals surface area contributed by atoms with E-state index in [1.807, 2.05) is 31.2 Å². The minimum atomic E-state index is -0.647. The van der Waals surface area contributed by atoms with Gasteiger partial charge in [-0.05, 0) is 37.3 Å². The molecule has 0 unspecified atom stereocenters. The van der Waals surface area contributed by atoms with Crippen molar-refractivity contribution in [2.45, 2.75) is 26.6 Å². The van der Waals surface area contributed by atoms with Crippen LogP contribution in [0.15, 0.2) is 53.3 Å². The van der Waals surface area contributed by atoms with Crippen LogP contribution in [0.2, 0.25) is 0 Å². The first-order valence-corrected chi connectivity index (χ1v) is 10.1. The maximum Gasteiger partial charge on any atom is 0.354 e. The zero-order valence-corrected chi connectivity index (χ0v) is 17.8. The van der Waals surface area contributed by atoms with E-state index in [0.29, 0.717) is 23.8 Å². The highest BCUT2D eigenvalue weighted by Gasteiger charge is 2.33. The van der Waals surface area contributed by atoms with Gasteiger partial charge in [-0.2, -0.15) is 9.67 Å². The highest BCUT2D eigenvalue weighted by atomic mass is 16.5. The van der Waals surface area contributed by atoms with Crippen LogP contribution in [0, 0.1) is 0 Å². The van der Waals surface area contributed by atoms with Crippen LogP contribution >= 0.6 is 0 Å². The molecule has 166 valence electrons. The number of fused-ring (bicyclic) bond motifs is 1. The largest absolute Gasteiger partial charge is 0.497 e. The molecular formula is C22H23N5O5. The molecule has 3 aromatic rings. The second kappa shape index (κ2) is 8.96. The van der Waals surface area contributed by atoms with Crippen LogP contribution in [0.5, 0.6) is 11.5 Å². The molecule has 2 amide bonds. The summed E-state index contributed by atoms with van der Waals surface area (Å²) in [5.41, 5.74) is 0.802. The molecule has 1 N–H and O–H groups in total. The number of carbonyl (C=O) groups excluding carboxylic acids is 2. The number of para-hydroxylation sites is 1. The first-order valence-electron chi connectivity index (χ1n) is 10.1. The molecule has 1 aliphatic rings. The van der Waals surface area contributed by atoms with Crippen molar-refractivity contribution >= 4 is 17.6 Å². The lowest BCUT2D eigenvalue weighted by Gasteiger charge is -2.15. The first kappa shape index (κ1) is 21.2. The Hall–Kier alpha value is -4.08. The summed E-state index contributed by atoms with van der Waals surface area (Å²) >= 11 is 0. The lowest BCUT2D eigenvalue weighted by molar-refractivity contribution is -0.122. The molecular weight excluding hydrogens is 414 g/mol. The van der Waals surface area contributed by atoms with Gasteiger partial charge in [-0.3, -0.25) is 9.69 Å². The molecule has 0 fully saturated rings. The number of methoxy groups -OCH3 is 1. The summed E-state index contributed by atoms with van der Waals surface area (Å²) in [7, 11) is 1.56. The van der Waals surface area contributed by atoms with Gasteiger partial charge < -0.3 is 14.8 Å². The van der Waals surface area contributed by atoms with E-state index >= 15 is 0 Å². The normalized spacial score (nSPS) is 12.6. The number of ether oxygens (including phenoxy) is 2. The molecule has 0 saturated heterocycles. The number of nitrogens with one attached hydrogen (secondary N) is 1. The Balaban J connectivity index is 1.42. The Bertz CT molecular complexity index is 1200. The third kappa shape index (κ3) is 4.07. The van der Waals surface area contributed by atoms with Gasteiger partial charge >= 0.3 is 11.7 Å². The van der Waals surface area contributed by atoms with Gasteiger partial charge in [-0.1, -0.05) is 18.2 Å². The van der Waals surface area contributed by atoms with Crippen molar-refractivity contribution in [2.75, 3.05) is 18.6 Å². The molecule has 2 aromatic carbocycles. The van der Waals surface area contributed by atoms with E-state index in [0.717, 1.165) is 14.8 Å². The molecule has 0 radical (unpaired) electrons. The highest BCUT2D eigenvalue weighted by molar-refractivity contribution is 5.96. The van der Waals surface area contributed by atoms with Crippen LogP contribution in [0.4, 0.5) is 10.5 Å². The SMILES string of the molecule is CCOc1ccccc1CNC(=O)Cn1nc2n(c1=O)C(=O)N(c1ccc(OC)cc1)C2. The maximum atomic E-state index is 12.8. The summed E-state index contributed by atoms with van der Waals surface area (Å²) < 4.78 is 12.7. The number of benzene rings is 2. The van der Waals surface area contributed by atoms with Crippen LogP contribution in [0.3, 0.4) is 0 Å². The number of hydrogen-bond donors (Lipinski definition) is 1. The zero-order valence-electron chi connectivity index (χ0n) is 17.8. The fourth-order valence-corrected chi connectivity index (χ4v) is 3.48. The van der Waals surface area contributed by atoms with Gasteiger partial charge in [-0.15, -0.1) is 0 Å². The van der Waals surface area contributed by atoms with Crippen LogP contribution < -0.4 is 25.4 Å². The van der Waals surface area contributed by atoms with Gasteiger partial charge in [0.25, 0.3) is 0 Å². The second-order valence-electron chi connectivity index (χ2n) is 7.08. The summed E-state index contributed by atoms with van der Waals surface area (Å²) in [4.78, 5) is 39.3. The number of rotatable bonds is 8.